The van der Waals surface area contributed by atoms with Crippen molar-refractivity contribution in [3.8, 4) is 0 Å². The molecule has 0 rings (SSSR count). The summed E-state index contributed by atoms with van der Waals surface area (Å²) in [6.07, 6.45) is 9.69. The van der Waals surface area contributed by atoms with Gasteiger partial charge in [-0.25, -0.2) is 0 Å². The van der Waals surface area contributed by atoms with Crippen molar-refractivity contribution in [3.63, 3.8) is 0 Å². The molecule has 0 amide bonds. The van der Waals surface area contributed by atoms with Crippen LogP contribution < -0.4 is 0 Å². The molecule has 0 fully saturated rings. The first-order valence-electron chi connectivity index (χ1n) is 4.47. The van der Waals surface area contributed by atoms with Crippen LogP contribution in [0.5, 0.6) is 0 Å². The van der Waals surface area contributed by atoms with Crippen LogP contribution in [0.15, 0.2) is 25.3 Å². The Morgan fingerprint density at radius 3 is 1.83 bits per heavy atom. The molecule has 0 aromatic carbocycles. The minimum absolute atomic E-state index is 1.04. The molecule has 0 spiro atoms. The van der Waals surface area contributed by atoms with Crippen LogP contribution in [0.4, 0.5) is 0 Å². The van der Waals surface area contributed by atoms with Gasteiger partial charge in [0.15, 0.2) is 0 Å². The van der Waals surface area contributed by atoms with Gasteiger partial charge in [0, 0.05) is 0 Å². The second-order valence-corrected chi connectivity index (χ2v) is 8.94. The predicted molar refractivity (Wildman–Crippen MR) is 64.2 cm³/mol. The summed E-state index contributed by atoms with van der Waals surface area (Å²) in [4.78, 5) is 0. The van der Waals surface area contributed by atoms with Crippen LogP contribution in [0.3, 0.4) is 0 Å². The van der Waals surface area contributed by atoms with Gasteiger partial charge in [-0.05, 0) is 37.4 Å². The van der Waals surface area contributed by atoms with Crippen LogP contribution in [-0.4, -0.2) is 18.5 Å². The van der Waals surface area contributed by atoms with E-state index < -0.39 is 6.04 Å². The molecule has 0 aromatic heterocycles. The van der Waals surface area contributed by atoms with Gasteiger partial charge in [0.2, 0.25) is 0 Å². The smallest absolute Gasteiger partial charge is 0.0200 e. The number of rotatable bonds is 7. The Balaban J connectivity index is 3.94. The molecule has 0 bridgehead atoms. The minimum atomic E-state index is -1.04. The summed E-state index contributed by atoms with van der Waals surface area (Å²) >= 11 is 5.65. The van der Waals surface area contributed by atoms with Gasteiger partial charge in [-0.3, -0.25) is 0 Å². The van der Waals surface area contributed by atoms with Gasteiger partial charge in [-0.15, -0.1) is 13.2 Å². The highest BCUT2D eigenvalue weighted by Gasteiger charge is 2.11. The van der Waals surface area contributed by atoms with Crippen LogP contribution in [0, 0.1) is 0 Å². The summed E-state index contributed by atoms with van der Waals surface area (Å²) in [5, 5.41) is 0. The Labute approximate surface area is 81.8 Å². The zero-order chi connectivity index (χ0) is 9.45. The molecular formula is C10H19PS. The van der Waals surface area contributed by atoms with E-state index in [0.717, 1.165) is 12.8 Å². The van der Waals surface area contributed by atoms with E-state index in [2.05, 4.69) is 20.1 Å². The molecule has 0 saturated heterocycles. The molecule has 2 heteroatoms. The zero-order valence-corrected chi connectivity index (χ0v) is 9.67. The van der Waals surface area contributed by atoms with Gasteiger partial charge < -0.3 is 0 Å². The summed E-state index contributed by atoms with van der Waals surface area (Å²) in [6.45, 7) is 9.67. The SMILES string of the molecule is C=CCCP(=S)(CC)CCC=C. The van der Waals surface area contributed by atoms with E-state index in [1.165, 1.54) is 18.5 Å². The maximum Gasteiger partial charge on any atom is -0.0200 e. The van der Waals surface area contributed by atoms with E-state index in [1.54, 1.807) is 0 Å². The Morgan fingerprint density at radius 2 is 1.58 bits per heavy atom. The maximum absolute atomic E-state index is 5.65. The van der Waals surface area contributed by atoms with E-state index in [0.29, 0.717) is 0 Å². The highest BCUT2D eigenvalue weighted by Crippen LogP contribution is 2.46. The Morgan fingerprint density at radius 1 is 1.17 bits per heavy atom. The first-order chi connectivity index (χ1) is 5.68. The average molecular weight is 202 g/mol. The molecule has 0 aliphatic rings. The van der Waals surface area contributed by atoms with Crippen molar-refractivity contribution in [1.82, 2.24) is 0 Å². The molecule has 0 heterocycles. The molecule has 0 nitrogen and oxygen atoms in total. The van der Waals surface area contributed by atoms with Crippen molar-refractivity contribution in [2.24, 2.45) is 0 Å². The third-order valence-electron chi connectivity index (χ3n) is 2.06. The van der Waals surface area contributed by atoms with Crippen LogP contribution in [0.25, 0.3) is 0 Å². The predicted octanol–water partition coefficient (Wildman–Crippen LogP) is 3.64. The number of hydrogen-bond donors (Lipinski definition) is 0. The lowest BCUT2D eigenvalue weighted by molar-refractivity contribution is 1.16. The fourth-order valence-corrected chi connectivity index (χ4v) is 3.88. The molecule has 12 heavy (non-hydrogen) atoms. The van der Waals surface area contributed by atoms with E-state index in [-0.39, 0.29) is 0 Å². The van der Waals surface area contributed by atoms with Crippen molar-refractivity contribution in [3.05, 3.63) is 25.3 Å². The second kappa shape index (κ2) is 6.62. The van der Waals surface area contributed by atoms with Gasteiger partial charge in [0.1, 0.15) is 0 Å². The van der Waals surface area contributed by atoms with Crippen LogP contribution in [0.1, 0.15) is 19.8 Å². The van der Waals surface area contributed by atoms with Gasteiger partial charge in [-0.1, -0.05) is 30.9 Å². The monoisotopic (exact) mass is 202 g/mol. The van der Waals surface area contributed by atoms with Gasteiger partial charge >= 0.3 is 0 Å². The summed E-state index contributed by atoms with van der Waals surface area (Å²) < 4.78 is 0. The summed E-state index contributed by atoms with van der Waals surface area (Å²) in [6, 6.07) is -1.04. The van der Waals surface area contributed by atoms with Gasteiger partial charge in [0.25, 0.3) is 0 Å². The van der Waals surface area contributed by atoms with Gasteiger partial charge in [-0.2, -0.15) is 0 Å². The molecule has 0 N–H and O–H groups in total. The Kier molecular flexibility index (Phi) is 6.70. The molecule has 0 aromatic rings. The van der Waals surface area contributed by atoms with Crippen molar-refractivity contribution in [2.45, 2.75) is 19.8 Å². The summed E-state index contributed by atoms with van der Waals surface area (Å²) in [5.41, 5.74) is 0. The van der Waals surface area contributed by atoms with Crippen LogP contribution in [-0.2, 0) is 11.8 Å². The van der Waals surface area contributed by atoms with Crippen molar-refractivity contribution >= 4 is 17.8 Å². The Bertz CT molecular complexity index is 168. The van der Waals surface area contributed by atoms with Crippen molar-refractivity contribution < 1.29 is 0 Å². The zero-order valence-electron chi connectivity index (χ0n) is 7.96. The standard InChI is InChI=1S/C10H19PS/c1-4-7-9-11(12,6-3)10-8-5-2/h4-5H,1-2,6-10H2,3H3. The maximum atomic E-state index is 5.65. The van der Waals surface area contributed by atoms with Crippen molar-refractivity contribution in [1.29, 1.82) is 0 Å². The normalized spacial score (nSPS) is 11.1. The number of allylic oxidation sites excluding steroid dienone is 2. The highest BCUT2D eigenvalue weighted by atomic mass is 32.4. The molecule has 0 radical (unpaired) electrons. The van der Waals surface area contributed by atoms with E-state index in [1.807, 2.05) is 12.2 Å². The fraction of sp³-hybridized carbons (Fsp3) is 0.600. The van der Waals surface area contributed by atoms with Crippen LogP contribution in [0.2, 0.25) is 0 Å². The lowest BCUT2D eigenvalue weighted by atomic mass is 10.5. The van der Waals surface area contributed by atoms with Crippen molar-refractivity contribution in [2.75, 3.05) is 18.5 Å². The van der Waals surface area contributed by atoms with E-state index >= 15 is 0 Å². The topological polar surface area (TPSA) is 0 Å². The summed E-state index contributed by atoms with van der Waals surface area (Å²) in [5.74, 6) is 0. The number of hydrogen-bond acceptors (Lipinski definition) is 1. The third kappa shape index (κ3) is 4.90. The van der Waals surface area contributed by atoms with Gasteiger partial charge in [0.05, 0.1) is 0 Å². The lowest BCUT2D eigenvalue weighted by Crippen LogP contribution is -1.96. The molecule has 0 atom stereocenters. The molecular weight excluding hydrogens is 183 g/mol. The first kappa shape index (κ1) is 12.1. The fourth-order valence-electron chi connectivity index (χ4n) is 1.08. The van der Waals surface area contributed by atoms with E-state index in [9.17, 15) is 0 Å². The van der Waals surface area contributed by atoms with Crippen LogP contribution >= 0.6 is 6.04 Å². The summed E-state index contributed by atoms with van der Waals surface area (Å²) in [7, 11) is 0. The molecule has 0 saturated carbocycles. The molecule has 0 aliphatic heterocycles. The first-order valence-corrected chi connectivity index (χ1v) is 7.83. The third-order valence-corrected chi connectivity index (χ3v) is 7.23. The largest absolute Gasteiger partial charge is 0.103 e. The molecule has 70 valence electrons. The highest BCUT2D eigenvalue weighted by molar-refractivity contribution is 8.14. The Hall–Kier alpha value is 0.130. The second-order valence-electron chi connectivity index (χ2n) is 2.98. The average Bonchev–Trinajstić information content (AvgIpc) is 2.11. The lowest BCUT2D eigenvalue weighted by Gasteiger charge is -2.18. The minimum Gasteiger partial charge on any atom is -0.103 e. The quantitative estimate of drug-likeness (QED) is 0.448. The van der Waals surface area contributed by atoms with E-state index in [4.69, 9.17) is 11.8 Å². The molecule has 0 aliphatic carbocycles. The molecule has 0 unspecified atom stereocenters.